The van der Waals surface area contributed by atoms with Gasteiger partial charge in [-0.1, -0.05) is 47.5 Å². The van der Waals surface area contributed by atoms with Crippen molar-refractivity contribution in [1.82, 2.24) is 9.80 Å². The first-order valence-electron chi connectivity index (χ1n) is 12.0. The number of hydrogen-bond acceptors (Lipinski definition) is 6. The van der Waals surface area contributed by atoms with Gasteiger partial charge in [0.1, 0.15) is 12.3 Å². The lowest BCUT2D eigenvalue weighted by molar-refractivity contribution is -0.133. The van der Waals surface area contributed by atoms with E-state index in [0.29, 0.717) is 21.5 Å². The number of benzene rings is 2. The molecule has 0 spiro atoms. The number of hydrogen-bond donors (Lipinski definition) is 0. The number of thioether (sulfide) groups is 1. The number of nitrogens with zero attached hydrogens (tertiary/aromatic N) is 4. The van der Waals surface area contributed by atoms with E-state index in [0.717, 1.165) is 31.1 Å². The Morgan fingerprint density at radius 1 is 1.19 bits per heavy atom. The average Bonchev–Trinajstić information content (AvgIpc) is 3.60. The number of fused-ring (bicyclic) bond motifs is 1. The summed E-state index contributed by atoms with van der Waals surface area (Å²) in [7, 11) is 1.82. The lowest BCUT2D eigenvalue weighted by atomic mass is 10.0. The van der Waals surface area contributed by atoms with Crippen molar-refractivity contribution < 1.29 is 14.3 Å². The van der Waals surface area contributed by atoms with E-state index in [9.17, 15) is 9.59 Å². The third-order valence-electron chi connectivity index (χ3n) is 6.95. The molecular formula is C26H28Cl2N4O3S. The molecule has 0 bridgehead atoms. The van der Waals surface area contributed by atoms with Gasteiger partial charge in [-0.2, -0.15) is 0 Å². The predicted octanol–water partition coefficient (Wildman–Crippen LogP) is 4.83. The van der Waals surface area contributed by atoms with E-state index in [2.05, 4.69) is 34.2 Å². The lowest BCUT2D eigenvalue weighted by Gasteiger charge is -2.35. The number of anilines is 1. The molecule has 0 N–H and O–H groups in total. The number of ether oxygens (including phenoxy) is 1. The summed E-state index contributed by atoms with van der Waals surface area (Å²) in [5.74, 6) is 0.784. The molecule has 36 heavy (non-hydrogen) atoms. The van der Waals surface area contributed by atoms with Crippen LogP contribution in [0.15, 0.2) is 41.4 Å². The predicted molar refractivity (Wildman–Crippen MR) is 146 cm³/mol. The molecule has 3 aliphatic heterocycles. The quantitative estimate of drug-likeness (QED) is 0.497. The molecule has 2 aromatic carbocycles. The van der Waals surface area contributed by atoms with Gasteiger partial charge in [0.25, 0.3) is 5.91 Å². The molecule has 0 radical (unpaired) electrons. The van der Waals surface area contributed by atoms with Crippen LogP contribution in [0.3, 0.4) is 0 Å². The average molecular weight is 548 g/mol. The number of aliphatic imine (C=N–C) groups is 1. The molecule has 10 heteroatoms. The van der Waals surface area contributed by atoms with Crippen LogP contribution in [0.25, 0.3) is 0 Å². The Kier molecular flexibility index (Phi) is 7.76. The fourth-order valence-electron chi connectivity index (χ4n) is 4.85. The van der Waals surface area contributed by atoms with E-state index in [1.807, 2.05) is 13.3 Å². The Morgan fingerprint density at radius 3 is 2.61 bits per heavy atom. The summed E-state index contributed by atoms with van der Waals surface area (Å²) >= 11 is 14.1. The molecule has 3 heterocycles. The summed E-state index contributed by atoms with van der Waals surface area (Å²) in [4.78, 5) is 36.2. The number of carbonyl (C=O) groups is 2. The van der Waals surface area contributed by atoms with Crippen LogP contribution in [0.4, 0.5) is 5.69 Å². The molecule has 2 atom stereocenters. The van der Waals surface area contributed by atoms with Crippen molar-refractivity contribution in [3.63, 3.8) is 0 Å². The zero-order chi connectivity index (χ0) is 25.2. The number of likely N-dealkylation sites (tertiary alicyclic amines) is 1. The van der Waals surface area contributed by atoms with Crippen LogP contribution in [0.5, 0.6) is 5.75 Å². The van der Waals surface area contributed by atoms with Crippen molar-refractivity contribution in [1.29, 1.82) is 0 Å². The Morgan fingerprint density at radius 2 is 1.92 bits per heavy atom. The second-order valence-corrected chi connectivity index (χ2v) is 11.2. The van der Waals surface area contributed by atoms with Gasteiger partial charge in [0, 0.05) is 25.9 Å². The maximum Gasteiger partial charge on any atom is 0.265 e. The number of carbonyl (C=O) groups excluding carboxylic acids is 2. The SMILES string of the molecule is CN(C(=O)CN1C(=O)COc2cc(Cl)c(Cl)cc21)C(CN1CCCC1)c1ccc(C2C=NCS2)cc1. The second kappa shape index (κ2) is 11.0. The number of rotatable bonds is 7. The number of likely N-dealkylation sites (N-methyl/N-ethyl adjacent to an activating group) is 1. The van der Waals surface area contributed by atoms with Crippen LogP contribution >= 0.6 is 35.0 Å². The van der Waals surface area contributed by atoms with Crippen LogP contribution in [0, 0.1) is 0 Å². The molecular weight excluding hydrogens is 519 g/mol. The van der Waals surface area contributed by atoms with Gasteiger partial charge in [-0.15, -0.1) is 11.8 Å². The van der Waals surface area contributed by atoms with Crippen LogP contribution in [0.2, 0.25) is 10.0 Å². The minimum atomic E-state index is -0.293. The van der Waals surface area contributed by atoms with Gasteiger partial charge in [0.05, 0.1) is 32.9 Å². The molecule has 3 aliphatic rings. The third kappa shape index (κ3) is 5.37. The molecule has 0 saturated carbocycles. The number of amides is 2. The maximum absolute atomic E-state index is 13.6. The van der Waals surface area contributed by atoms with Gasteiger partial charge < -0.3 is 14.5 Å². The first kappa shape index (κ1) is 25.4. The molecule has 1 fully saturated rings. The van der Waals surface area contributed by atoms with Gasteiger partial charge in [-0.25, -0.2) is 0 Å². The first-order chi connectivity index (χ1) is 17.4. The van der Waals surface area contributed by atoms with Gasteiger partial charge in [0.2, 0.25) is 5.91 Å². The fourth-order valence-corrected chi connectivity index (χ4v) is 6.01. The Labute approximate surface area is 225 Å². The Balaban J connectivity index is 1.37. The third-order valence-corrected chi connectivity index (χ3v) is 8.72. The fraction of sp³-hybridized carbons (Fsp3) is 0.423. The van der Waals surface area contributed by atoms with Crippen molar-refractivity contribution in [2.45, 2.75) is 24.1 Å². The van der Waals surface area contributed by atoms with E-state index in [1.54, 1.807) is 28.8 Å². The highest BCUT2D eigenvalue weighted by Gasteiger charge is 2.32. The normalized spacial score (nSPS) is 20.4. The molecule has 5 rings (SSSR count). The van der Waals surface area contributed by atoms with Crippen LogP contribution < -0.4 is 9.64 Å². The minimum absolute atomic E-state index is 0.104. The summed E-state index contributed by atoms with van der Waals surface area (Å²) in [6.45, 7) is 2.55. The van der Waals surface area contributed by atoms with E-state index in [1.165, 1.54) is 23.3 Å². The molecule has 0 aromatic heterocycles. The maximum atomic E-state index is 13.6. The molecule has 190 valence electrons. The molecule has 7 nitrogen and oxygen atoms in total. The summed E-state index contributed by atoms with van der Waals surface area (Å²) in [6, 6.07) is 11.5. The van der Waals surface area contributed by atoms with Gasteiger partial charge in [0.15, 0.2) is 6.61 Å². The van der Waals surface area contributed by atoms with Crippen molar-refractivity contribution in [3.8, 4) is 5.75 Å². The van der Waals surface area contributed by atoms with Gasteiger partial charge in [-0.3, -0.25) is 19.5 Å². The summed E-state index contributed by atoms with van der Waals surface area (Å²) in [5.41, 5.74) is 2.74. The van der Waals surface area contributed by atoms with Gasteiger partial charge in [-0.05, 0) is 43.1 Å². The standard InChI is InChI=1S/C26H28Cl2N4O3S/c1-30(25(33)14-32-21-10-19(27)20(28)11-23(21)35-15-26(32)34)22(13-31-8-2-3-9-31)17-4-6-18(7-5-17)24-12-29-16-36-24/h4-7,10-12,22,24H,2-3,8-9,13-16H2,1H3. The van der Waals surface area contributed by atoms with E-state index in [4.69, 9.17) is 27.9 Å². The molecule has 0 aliphatic carbocycles. The summed E-state index contributed by atoms with van der Waals surface area (Å²) in [5, 5.41) is 0.921. The van der Waals surface area contributed by atoms with Gasteiger partial charge >= 0.3 is 0 Å². The van der Waals surface area contributed by atoms with Crippen LogP contribution in [-0.2, 0) is 9.59 Å². The zero-order valence-corrected chi connectivity index (χ0v) is 22.4. The number of halogens is 2. The van der Waals surface area contributed by atoms with Crippen molar-refractivity contribution in [3.05, 3.63) is 57.6 Å². The highest BCUT2D eigenvalue weighted by molar-refractivity contribution is 8.00. The summed E-state index contributed by atoms with van der Waals surface area (Å²) < 4.78 is 5.53. The van der Waals surface area contributed by atoms with Crippen LogP contribution in [0.1, 0.15) is 35.3 Å². The highest BCUT2D eigenvalue weighted by atomic mass is 35.5. The Hall–Kier alpha value is -2.26. The monoisotopic (exact) mass is 546 g/mol. The zero-order valence-electron chi connectivity index (χ0n) is 20.0. The largest absolute Gasteiger partial charge is 0.482 e. The van der Waals surface area contributed by atoms with Crippen molar-refractivity contribution in [2.24, 2.45) is 4.99 Å². The smallest absolute Gasteiger partial charge is 0.265 e. The topological polar surface area (TPSA) is 65.5 Å². The van der Waals surface area contributed by atoms with Crippen LogP contribution in [-0.4, -0.2) is 73.5 Å². The molecule has 2 unspecified atom stereocenters. The lowest BCUT2D eigenvalue weighted by Crippen LogP contribution is -2.47. The Bertz CT molecular complexity index is 1170. The van der Waals surface area contributed by atoms with Crippen molar-refractivity contribution in [2.75, 3.05) is 50.6 Å². The van der Waals surface area contributed by atoms with E-state index in [-0.39, 0.29) is 36.3 Å². The summed E-state index contributed by atoms with van der Waals surface area (Å²) in [6.07, 6.45) is 4.33. The first-order valence-corrected chi connectivity index (χ1v) is 13.8. The van der Waals surface area contributed by atoms with E-state index >= 15 is 0 Å². The van der Waals surface area contributed by atoms with E-state index < -0.39 is 0 Å². The minimum Gasteiger partial charge on any atom is -0.482 e. The van der Waals surface area contributed by atoms with Crippen molar-refractivity contribution >= 4 is 58.7 Å². The molecule has 2 amide bonds. The molecule has 1 saturated heterocycles. The molecule has 2 aromatic rings. The highest BCUT2D eigenvalue weighted by Crippen LogP contribution is 2.39. The second-order valence-electron chi connectivity index (χ2n) is 9.25.